The SMILES string of the molecule is NCC1(c2cc(O)c(F)c(Cl)c2)CC1. The van der Waals surface area contributed by atoms with Gasteiger partial charge in [-0.1, -0.05) is 11.6 Å². The average molecular weight is 216 g/mol. The zero-order chi connectivity index (χ0) is 10.3. The van der Waals surface area contributed by atoms with Crippen LogP contribution in [0, 0.1) is 5.82 Å². The number of hydrogen-bond donors (Lipinski definition) is 2. The van der Waals surface area contributed by atoms with Crippen molar-refractivity contribution in [3.63, 3.8) is 0 Å². The summed E-state index contributed by atoms with van der Waals surface area (Å²) in [5, 5.41) is 9.23. The van der Waals surface area contributed by atoms with Gasteiger partial charge in [0, 0.05) is 12.0 Å². The summed E-state index contributed by atoms with van der Waals surface area (Å²) in [6.07, 6.45) is 1.95. The molecule has 0 unspecified atom stereocenters. The van der Waals surface area contributed by atoms with Gasteiger partial charge in [-0.15, -0.1) is 0 Å². The van der Waals surface area contributed by atoms with Crippen LogP contribution in [0.15, 0.2) is 12.1 Å². The summed E-state index contributed by atoms with van der Waals surface area (Å²) in [5.74, 6) is -1.16. The van der Waals surface area contributed by atoms with E-state index in [2.05, 4.69) is 0 Å². The van der Waals surface area contributed by atoms with Gasteiger partial charge in [-0.2, -0.15) is 0 Å². The standard InChI is InChI=1S/C10H11ClFNO/c11-7-3-6(4-8(14)9(7)12)10(5-13)1-2-10/h3-4,14H,1-2,5,13H2. The minimum atomic E-state index is -0.761. The summed E-state index contributed by atoms with van der Waals surface area (Å²) in [4.78, 5) is 0. The summed E-state index contributed by atoms with van der Waals surface area (Å²) in [6.45, 7) is 0.508. The van der Waals surface area contributed by atoms with Gasteiger partial charge in [0.15, 0.2) is 11.6 Å². The van der Waals surface area contributed by atoms with Crippen molar-refractivity contribution >= 4 is 11.6 Å². The van der Waals surface area contributed by atoms with E-state index in [0.717, 1.165) is 18.4 Å². The van der Waals surface area contributed by atoms with Crippen LogP contribution in [0.25, 0.3) is 0 Å². The predicted octanol–water partition coefficient (Wildman–Crippen LogP) is 2.17. The normalized spacial score (nSPS) is 18.2. The molecule has 2 rings (SSSR count). The number of aromatic hydroxyl groups is 1. The molecule has 4 heteroatoms. The first kappa shape index (κ1) is 9.74. The first-order valence-corrected chi connectivity index (χ1v) is 4.85. The van der Waals surface area contributed by atoms with Gasteiger partial charge >= 0.3 is 0 Å². The second kappa shape index (κ2) is 3.11. The molecule has 0 spiro atoms. The zero-order valence-electron chi connectivity index (χ0n) is 7.56. The van der Waals surface area contributed by atoms with Crippen molar-refractivity contribution in [1.82, 2.24) is 0 Å². The second-order valence-corrected chi connectivity index (χ2v) is 4.18. The van der Waals surface area contributed by atoms with Gasteiger partial charge in [-0.05, 0) is 30.5 Å². The van der Waals surface area contributed by atoms with E-state index in [1.54, 1.807) is 6.07 Å². The second-order valence-electron chi connectivity index (χ2n) is 3.78. The third-order valence-electron chi connectivity index (χ3n) is 2.87. The van der Waals surface area contributed by atoms with E-state index in [0.29, 0.717) is 6.54 Å². The zero-order valence-corrected chi connectivity index (χ0v) is 8.31. The van der Waals surface area contributed by atoms with Crippen molar-refractivity contribution in [1.29, 1.82) is 0 Å². The molecule has 3 N–H and O–H groups in total. The highest BCUT2D eigenvalue weighted by Crippen LogP contribution is 2.48. The molecule has 0 aromatic heterocycles. The van der Waals surface area contributed by atoms with Crippen LogP contribution in [-0.2, 0) is 5.41 Å². The maximum Gasteiger partial charge on any atom is 0.183 e. The molecule has 0 aliphatic heterocycles. The Labute approximate surface area is 86.5 Å². The van der Waals surface area contributed by atoms with Gasteiger partial charge in [-0.3, -0.25) is 0 Å². The third kappa shape index (κ3) is 1.37. The Balaban J connectivity index is 2.46. The number of hydrogen-bond acceptors (Lipinski definition) is 2. The van der Waals surface area contributed by atoms with Gasteiger partial charge < -0.3 is 10.8 Å². The molecular formula is C10H11ClFNO. The minimum Gasteiger partial charge on any atom is -0.505 e. The topological polar surface area (TPSA) is 46.2 Å². The van der Waals surface area contributed by atoms with Crippen LogP contribution in [0.3, 0.4) is 0 Å². The van der Waals surface area contributed by atoms with E-state index in [1.165, 1.54) is 6.07 Å². The van der Waals surface area contributed by atoms with E-state index in [9.17, 15) is 9.50 Å². The van der Waals surface area contributed by atoms with Crippen LogP contribution in [0.2, 0.25) is 5.02 Å². The molecule has 0 radical (unpaired) electrons. The lowest BCUT2D eigenvalue weighted by Gasteiger charge is -2.13. The summed E-state index contributed by atoms with van der Waals surface area (Å²) in [7, 11) is 0. The maximum atomic E-state index is 13.0. The Kier molecular flexibility index (Phi) is 2.16. The van der Waals surface area contributed by atoms with Crippen LogP contribution in [0.5, 0.6) is 5.75 Å². The molecule has 14 heavy (non-hydrogen) atoms. The highest BCUT2D eigenvalue weighted by atomic mass is 35.5. The number of benzene rings is 1. The fourth-order valence-electron chi connectivity index (χ4n) is 1.64. The molecule has 1 aliphatic carbocycles. The molecule has 1 aromatic rings. The number of halogens is 2. The smallest absolute Gasteiger partial charge is 0.183 e. The lowest BCUT2D eigenvalue weighted by molar-refractivity contribution is 0.430. The lowest BCUT2D eigenvalue weighted by Crippen LogP contribution is -2.19. The summed E-state index contributed by atoms with van der Waals surface area (Å²) in [6, 6.07) is 2.97. The Morgan fingerprint density at radius 2 is 2.14 bits per heavy atom. The Morgan fingerprint density at radius 3 is 2.57 bits per heavy atom. The van der Waals surface area contributed by atoms with E-state index < -0.39 is 11.6 Å². The molecule has 1 aliphatic rings. The van der Waals surface area contributed by atoms with Crippen molar-refractivity contribution in [3.8, 4) is 5.75 Å². The Hall–Kier alpha value is -0.800. The molecule has 1 fully saturated rings. The predicted molar refractivity (Wildman–Crippen MR) is 53.0 cm³/mol. The molecular weight excluding hydrogens is 205 g/mol. The lowest BCUT2D eigenvalue weighted by atomic mass is 9.96. The number of phenols is 1. The van der Waals surface area contributed by atoms with E-state index >= 15 is 0 Å². The first-order valence-electron chi connectivity index (χ1n) is 4.48. The molecule has 1 aromatic carbocycles. The van der Waals surface area contributed by atoms with Gasteiger partial charge in [0.2, 0.25) is 0 Å². The third-order valence-corrected chi connectivity index (χ3v) is 3.14. The molecule has 1 saturated carbocycles. The van der Waals surface area contributed by atoms with Crippen molar-refractivity contribution in [2.75, 3.05) is 6.54 Å². The monoisotopic (exact) mass is 215 g/mol. The molecule has 0 bridgehead atoms. The van der Waals surface area contributed by atoms with Crippen LogP contribution >= 0.6 is 11.6 Å². The molecule has 0 heterocycles. The van der Waals surface area contributed by atoms with Gasteiger partial charge in [0.05, 0.1) is 5.02 Å². The molecule has 76 valence electrons. The summed E-state index contributed by atoms with van der Waals surface area (Å²) in [5.41, 5.74) is 6.38. The fourth-order valence-corrected chi connectivity index (χ4v) is 1.86. The van der Waals surface area contributed by atoms with E-state index in [-0.39, 0.29) is 10.4 Å². The van der Waals surface area contributed by atoms with Crippen LogP contribution in [0.4, 0.5) is 4.39 Å². The average Bonchev–Trinajstić information content (AvgIpc) is 2.94. The number of phenolic OH excluding ortho intramolecular Hbond substituents is 1. The Morgan fingerprint density at radius 1 is 1.50 bits per heavy atom. The van der Waals surface area contributed by atoms with Crippen molar-refractivity contribution in [2.45, 2.75) is 18.3 Å². The van der Waals surface area contributed by atoms with Crippen molar-refractivity contribution in [3.05, 3.63) is 28.5 Å². The van der Waals surface area contributed by atoms with Crippen molar-refractivity contribution in [2.24, 2.45) is 5.73 Å². The largest absolute Gasteiger partial charge is 0.505 e. The summed E-state index contributed by atoms with van der Waals surface area (Å²) >= 11 is 5.63. The maximum absolute atomic E-state index is 13.0. The van der Waals surface area contributed by atoms with Crippen LogP contribution in [-0.4, -0.2) is 11.7 Å². The summed E-state index contributed by atoms with van der Waals surface area (Å²) < 4.78 is 13.0. The quantitative estimate of drug-likeness (QED) is 0.794. The van der Waals surface area contributed by atoms with Crippen LogP contribution in [0.1, 0.15) is 18.4 Å². The highest BCUT2D eigenvalue weighted by molar-refractivity contribution is 6.31. The van der Waals surface area contributed by atoms with E-state index in [1.807, 2.05) is 0 Å². The fraction of sp³-hybridized carbons (Fsp3) is 0.400. The Bertz CT molecular complexity index is 353. The number of rotatable bonds is 2. The van der Waals surface area contributed by atoms with Gasteiger partial charge in [0.1, 0.15) is 0 Å². The number of nitrogens with two attached hydrogens (primary N) is 1. The molecule has 2 nitrogen and oxygen atoms in total. The van der Waals surface area contributed by atoms with E-state index in [4.69, 9.17) is 17.3 Å². The van der Waals surface area contributed by atoms with Gasteiger partial charge in [0.25, 0.3) is 0 Å². The van der Waals surface area contributed by atoms with Crippen molar-refractivity contribution < 1.29 is 9.50 Å². The minimum absolute atomic E-state index is 0.0419. The van der Waals surface area contributed by atoms with Gasteiger partial charge in [-0.25, -0.2) is 4.39 Å². The first-order chi connectivity index (χ1) is 6.59. The molecule has 0 atom stereocenters. The van der Waals surface area contributed by atoms with Crippen LogP contribution < -0.4 is 5.73 Å². The molecule has 0 saturated heterocycles. The molecule has 0 amide bonds. The highest BCUT2D eigenvalue weighted by Gasteiger charge is 2.43.